The number of rotatable bonds is 7. The minimum absolute atomic E-state index is 0.0455. The summed E-state index contributed by atoms with van der Waals surface area (Å²) in [5, 5.41) is 7.72. The lowest BCUT2D eigenvalue weighted by Crippen LogP contribution is -2.25. The van der Waals surface area contributed by atoms with Gasteiger partial charge in [-0.3, -0.25) is 9.21 Å². The van der Waals surface area contributed by atoms with Crippen LogP contribution in [0.15, 0.2) is 43.5 Å². The maximum absolute atomic E-state index is 14.4. The summed E-state index contributed by atoms with van der Waals surface area (Å²) in [6.45, 7) is -0.0763. The highest BCUT2D eigenvalue weighted by atomic mass is 31.2. The Morgan fingerprint density at radius 1 is 1.15 bits per heavy atom. The summed E-state index contributed by atoms with van der Waals surface area (Å²) in [4.78, 5) is 26.0. The lowest BCUT2D eigenvalue weighted by atomic mass is 9.96. The third kappa shape index (κ3) is 4.35. The Hall–Kier alpha value is -2.53. The van der Waals surface area contributed by atoms with Crippen molar-refractivity contribution in [2.24, 2.45) is 0 Å². The molecule has 0 radical (unpaired) electrons. The van der Waals surface area contributed by atoms with Gasteiger partial charge in [0.2, 0.25) is 0 Å². The fourth-order valence-corrected chi connectivity index (χ4v) is 2.99. The molecule has 3 aromatic rings. The molecule has 0 aliphatic rings. The van der Waals surface area contributed by atoms with Gasteiger partial charge in [-0.25, -0.2) is 28.0 Å². The van der Waals surface area contributed by atoms with Gasteiger partial charge in [0.25, 0.3) is 0 Å². The van der Waals surface area contributed by atoms with Crippen LogP contribution >= 0.6 is 7.82 Å². The van der Waals surface area contributed by atoms with Crippen LogP contribution in [0, 0.1) is 11.6 Å². The number of phosphoric acid groups is 1. The monoisotopic (exact) mass is 386 g/mol. The Morgan fingerprint density at radius 3 is 2.46 bits per heavy atom. The minimum Gasteiger partial charge on any atom is -0.303 e. The molecule has 2 heterocycles. The highest BCUT2D eigenvalue weighted by molar-refractivity contribution is 7.46. The molecule has 2 atom stereocenters. The van der Waals surface area contributed by atoms with Crippen LogP contribution in [0.25, 0.3) is 0 Å². The summed E-state index contributed by atoms with van der Waals surface area (Å²) in [5.41, 5.74) is -0.0455. The fraction of sp³-hybridized carbons (Fsp3) is 0.231. The average molecular weight is 386 g/mol. The van der Waals surface area contributed by atoms with Crippen molar-refractivity contribution in [3.63, 3.8) is 0 Å². The van der Waals surface area contributed by atoms with Crippen molar-refractivity contribution in [3.05, 3.63) is 60.7 Å². The molecular formula is C13H13F2N6O4P. The van der Waals surface area contributed by atoms with E-state index in [4.69, 9.17) is 4.52 Å². The van der Waals surface area contributed by atoms with Gasteiger partial charge >= 0.3 is 7.82 Å². The number of halogens is 2. The van der Waals surface area contributed by atoms with Gasteiger partial charge < -0.3 is 9.79 Å². The topological polar surface area (TPSA) is 128 Å². The summed E-state index contributed by atoms with van der Waals surface area (Å²) in [5.74, 6) is -2.74. The first-order chi connectivity index (χ1) is 12.3. The van der Waals surface area contributed by atoms with Gasteiger partial charge in [0.05, 0.1) is 12.5 Å². The quantitative estimate of drug-likeness (QED) is 0.581. The zero-order valence-electron chi connectivity index (χ0n) is 13.0. The molecule has 2 N–H and O–H groups in total. The Morgan fingerprint density at radius 2 is 1.88 bits per heavy atom. The van der Waals surface area contributed by atoms with E-state index < -0.39 is 31.6 Å². The van der Waals surface area contributed by atoms with Gasteiger partial charge in [-0.05, 0) is 11.6 Å². The Kier molecular flexibility index (Phi) is 5.18. The molecule has 0 saturated heterocycles. The van der Waals surface area contributed by atoms with Crippen molar-refractivity contribution in [2.45, 2.75) is 18.7 Å². The SMILES string of the molecule is O=P(O)(O)O[C@@H]([C@@H](Cn1cncn1)c1ccc(F)cc1F)n1cncn1. The van der Waals surface area contributed by atoms with Crippen molar-refractivity contribution in [1.82, 2.24) is 29.5 Å². The number of phosphoric ester groups is 1. The summed E-state index contributed by atoms with van der Waals surface area (Å²) in [6.07, 6.45) is 3.43. The van der Waals surface area contributed by atoms with E-state index in [0.717, 1.165) is 23.4 Å². The second-order valence-corrected chi connectivity index (χ2v) is 6.44. The molecule has 0 amide bonds. The van der Waals surface area contributed by atoms with E-state index in [9.17, 15) is 23.1 Å². The maximum Gasteiger partial charge on any atom is 0.471 e. The van der Waals surface area contributed by atoms with E-state index in [-0.39, 0.29) is 12.1 Å². The molecule has 2 aromatic heterocycles. The van der Waals surface area contributed by atoms with Crippen molar-refractivity contribution in [3.8, 4) is 0 Å². The standard InChI is InChI=1S/C13H13F2N6O4P/c14-9-1-2-10(12(15)3-9)11(4-20-7-16-5-18-20)13(25-26(22,23)24)21-8-17-6-19-21/h1-3,5-8,11,13H,4H2,(H2,22,23,24)/t11-,13-/m0/s1. The smallest absolute Gasteiger partial charge is 0.303 e. The van der Waals surface area contributed by atoms with Gasteiger partial charge in [0, 0.05) is 6.07 Å². The predicted octanol–water partition coefficient (Wildman–Crippen LogP) is 1.24. The summed E-state index contributed by atoms with van der Waals surface area (Å²) >= 11 is 0. The molecule has 1 aromatic carbocycles. The van der Waals surface area contributed by atoms with Crippen LogP contribution in [-0.2, 0) is 15.6 Å². The molecule has 10 nitrogen and oxygen atoms in total. The Bertz CT molecular complexity index is 902. The number of hydrogen-bond acceptors (Lipinski definition) is 6. The van der Waals surface area contributed by atoms with Crippen molar-refractivity contribution in [2.75, 3.05) is 0 Å². The first-order valence-corrected chi connectivity index (χ1v) is 8.72. The molecule has 0 fully saturated rings. The second-order valence-electron chi connectivity index (χ2n) is 5.25. The molecule has 0 aliphatic heterocycles. The van der Waals surface area contributed by atoms with Gasteiger partial charge in [0.1, 0.15) is 36.9 Å². The van der Waals surface area contributed by atoms with Crippen LogP contribution in [-0.4, -0.2) is 39.3 Å². The minimum atomic E-state index is -4.98. The molecule has 138 valence electrons. The van der Waals surface area contributed by atoms with Gasteiger partial charge in [0.15, 0.2) is 6.23 Å². The van der Waals surface area contributed by atoms with Crippen molar-refractivity contribution in [1.29, 1.82) is 0 Å². The van der Waals surface area contributed by atoms with Crippen LogP contribution < -0.4 is 0 Å². The first kappa shape index (κ1) is 18.3. The molecule has 0 unspecified atom stereocenters. The van der Waals surface area contributed by atoms with Gasteiger partial charge in [-0.1, -0.05) is 6.07 Å². The molecule has 0 spiro atoms. The lowest BCUT2D eigenvalue weighted by molar-refractivity contribution is 0.0432. The van der Waals surface area contributed by atoms with Crippen molar-refractivity contribution < 1.29 is 27.7 Å². The molecule has 3 rings (SSSR count). The zero-order chi connectivity index (χ0) is 18.7. The van der Waals surface area contributed by atoms with Crippen LogP contribution in [0.3, 0.4) is 0 Å². The van der Waals surface area contributed by atoms with E-state index in [1.807, 2.05) is 0 Å². The van der Waals surface area contributed by atoms with Gasteiger partial charge in [-0.15, -0.1) is 0 Å². The zero-order valence-corrected chi connectivity index (χ0v) is 13.9. The number of benzene rings is 1. The molecule has 0 aliphatic carbocycles. The van der Waals surface area contributed by atoms with Crippen molar-refractivity contribution >= 4 is 7.82 Å². The average Bonchev–Trinajstić information content (AvgIpc) is 3.24. The normalized spacial score (nSPS) is 14.3. The van der Waals surface area contributed by atoms with Crippen LogP contribution in [0.1, 0.15) is 17.7 Å². The molecule has 26 heavy (non-hydrogen) atoms. The van der Waals surface area contributed by atoms with E-state index in [2.05, 4.69) is 20.2 Å². The summed E-state index contributed by atoms with van der Waals surface area (Å²) in [6, 6.07) is 2.86. The third-order valence-corrected chi connectivity index (χ3v) is 3.99. The molecular weight excluding hydrogens is 373 g/mol. The highest BCUT2D eigenvalue weighted by Crippen LogP contribution is 2.46. The highest BCUT2D eigenvalue weighted by Gasteiger charge is 2.35. The third-order valence-electron chi connectivity index (χ3n) is 3.50. The van der Waals surface area contributed by atoms with E-state index in [0.29, 0.717) is 6.07 Å². The summed E-state index contributed by atoms with van der Waals surface area (Å²) < 4.78 is 46.3. The maximum atomic E-state index is 14.4. The second kappa shape index (κ2) is 7.38. The Labute approximate surface area is 145 Å². The fourth-order valence-electron chi connectivity index (χ4n) is 2.47. The van der Waals surface area contributed by atoms with Gasteiger partial charge in [-0.2, -0.15) is 10.2 Å². The van der Waals surface area contributed by atoms with Crippen LogP contribution in [0.5, 0.6) is 0 Å². The van der Waals surface area contributed by atoms with E-state index >= 15 is 0 Å². The predicted molar refractivity (Wildman–Crippen MR) is 81.3 cm³/mol. The van der Waals surface area contributed by atoms with E-state index in [1.54, 1.807) is 0 Å². The molecule has 0 bridgehead atoms. The van der Waals surface area contributed by atoms with Crippen LogP contribution in [0.4, 0.5) is 8.78 Å². The summed E-state index contributed by atoms with van der Waals surface area (Å²) in [7, 11) is -4.98. The molecule has 13 heteroatoms. The largest absolute Gasteiger partial charge is 0.471 e. The Balaban J connectivity index is 2.08. The number of hydrogen-bond donors (Lipinski definition) is 2. The van der Waals surface area contributed by atoms with Crippen LogP contribution in [0.2, 0.25) is 0 Å². The molecule has 0 saturated carbocycles. The first-order valence-electron chi connectivity index (χ1n) is 7.19. The number of aromatic nitrogens is 6. The number of nitrogens with zero attached hydrogens (tertiary/aromatic N) is 6. The van der Waals surface area contributed by atoms with E-state index in [1.165, 1.54) is 23.4 Å². The lowest BCUT2D eigenvalue weighted by Gasteiger charge is -2.27.